The lowest BCUT2D eigenvalue weighted by atomic mass is 10.0. The largest absolute Gasteiger partial charge is 0.356 e. The summed E-state index contributed by atoms with van der Waals surface area (Å²) in [6.07, 6.45) is 5.38. The standard InChI is InChI=1S/C22H22ClN3O/c23-17-10-8-16(9-11-17)14-25-22(27)20-15-24-21(26-12-4-1-5-13-26)19-7-3-2-6-18(19)20/h2-3,6-11,15H,1,4-5,12-14H2,(H,25,27). The summed E-state index contributed by atoms with van der Waals surface area (Å²) in [4.78, 5) is 19.8. The second-order valence-electron chi connectivity index (χ2n) is 6.90. The Morgan fingerprint density at radius 2 is 1.70 bits per heavy atom. The Kier molecular flexibility index (Phi) is 5.26. The number of hydrogen-bond donors (Lipinski definition) is 1. The molecule has 1 aliphatic rings. The molecule has 3 aromatic rings. The summed E-state index contributed by atoms with van der Waals surface area (Å²) in [5.41, 5.74) is 1.62. The molecule has 4 nitrogen and oxygen atoms in total. The van der Waals surface area contributed by atoms with Crippen molar-refractivity contribution in [1.29, 1.82) is 0 Å². The van der Waals surface area contributed by atoms with Crippen molar-refractivity contribution in [2.24, 2.45) is 0 Å². The van der Waals surface area contributed by atoms with Gasteiger partial charge in [-0.15, -0.1) is 0 Å². The molecular formula is C22H22ClN3O. The third-order valence-corrected chi connectivity index (χ3v) is 5.29. The SMILES string of the molecule is O=C(NCc1ccc(Cl)cc1)c1cnc(N2CCCCC2)c2ccccc12. The average molecular weight is 380 g/mol. The predicted molar refractivity (Wildman–Crippen MR) is 110 cm³/mol. The Hall–Kier alpha value is -2.59. The quantitative estimate of drug-likeness (QED) is 0.707. The normalized spacial score (nSPS) is 14.3. The lowest BCUT2D eigenvalue weighted by Gasteiger charge is -2.29. The van der Waals surface area contributed by atoms with Gasteiger partial charge in [0.05, 0.1) is 5.56 Å². The number of nitrogens with one attached hydrogen (secondary N) is 1. The summed E-state index contributed by atoms with van der Waals surface area (Å²) in [7, 11) is 0. The third kappa shape index (κ3) is 3.91. The van der Waals surface area contributed by atoms with Gasteiger partial charge in [0, 0.05) is 36.2 Å². The van der Waals surface area contributed by atoms with Crippen molar-refractivity contribution in [3.05, 3.63) is 70.9 Å². The molecule has 0 atom stereocenters. The van der Waals surface area contributed by atoms with Crippen molar-refractivity contribution in [3.8, 4) is 0 Å². The molecule has 0 aliphatic carbocycles. The summed E-state index contributed by atoms with van der Waals surface area (Å²) in [5, 5.41) is 5.67. The first-order valence-corrected chi connectivity index (χ1v) is 9.75. The van der Waals surface area contributed by atoms with Crippen molar-refractivity contribution in [3.63, 3.8) is 0 Å². The van der Waals surface area contributed by atoms with Gasteiger partial charge in [-0.05, 0) is 42.3 Å². The maximum Gasteiger partial charge on any atom is 0.253 e. The number of nitrogens with zero attached hydrogens (tertiary/aromatic N) is 2. The highest BCUT2D eigenvalue weighted by molar-refractivity contribution is 6.30. The molecular weight excluding hydrogens is 358 g/mol. The molecule has 5 heteroatoms. The number of fused-ring (bicyclic) bond motifs is 1. The monoisotopic (exact) mass is 379 g/mol. The number of hydrogen-bond acceptors (Lipinski definition) is 3. The van der Waals surface area contributed by atoms with E-state index in [2.05, 4.69) is 21.3 Å². The van der Waals surface area contributed by atoms with E-state index in [0.717, 1.165) is 35.2 Å². The van der Waals surface area contributed by atoms with Crippen molar-refractivity contribution in [2.75, 3.05) is 18.0 Å². The van der Waals surface area contributed by atoms with Gasteiger partial charge in [0.1, 0.15) is 5.82 Å². The van der Waals surface area contributed by atoms with Gasteiger partial charge in [0.25, 0.3) is 5.91 Å². The zero-order valence-corrected chi connectivity index (χ0v) is 15.9. The Bertz CT molecular complexity index is 949. The summed E-state index contributed by atoms with van der Waals surface area (Å²) < 4.78 is 0. The van der Waals surface area contributed by atoms with Gasteiger partial charge in [-0.2, -0.15) is 0 Å². The molecule has 0 bridgehead atoms. The summed E-state index contributed by atoms with van der Waals surface area (Å²) in [6.45, 7) is 2.51. The van der Waals surface area contributed by atoms with Gasteiger partial charge in [-0.1, -0.05) is 48.0 Å². The van der Waals surface area contributed by atoms with Crippen LogP contribution in [0.15, 0.2) is 54.7 Å². The Morgan fingerprint density at radius 1 is 1.00 bits per heavy atom. The van der Waals surface area contributed by atoms with Crippen LogP contribution in [0.5, 0.6) is 0 Å². The van der Waals surface area contributed by atoms with Crippen LogP contribution >= 0.6 is 11.6 Å². The number of benzene rings is 2. The first-order valence-electron chi connectivity index (χ1n) is 9.38. The van der Waals surface area contributed by atoms with E-state index < -0.39 is 0 Å². The molecule has 4 rings (SSSR count). The van der Waals surface area contributed by atoms with Crippen LogP contribution < -0.4 is 10.2 Å². The molecule has 1 fully saturated rings. The number of carbonyl (C=O) groups excluding carboxylic acids is 1. The van der Waals surface area contributed by atoms with Gasteiger partial charge in [-0.3, -0.25) is 4.79 Å². The molecule has 0 saturated carbocycles. The zero-order chi connectivity index (χ0) is 18.6. The van der Waals surface area contributed by atoms with Crippen LogP contribution in [-0.4, -0.2) is 24.0 Å². The molecule has 1 aliphatic heterocycles. The Balaban J connectivity index is 1.60. The fourth-order valence-corrected chi connectivity index (χ4v) is 3.72. The average Bonchev–Trinajstić information content (AvgIpc) is 2.73. The predicted octanol–water partition coefficient (Wildman–Crippen LogP) is 4.81. The topological polar surface area (TPSA) is 45.2 Å². The molecule has 0 radical (unpaired) electrons. The second kappa shape index (κ2) is 7.97. The minimum Gasteiger partial charge on any atom is -0.356 e. The number of amides is 1. The van der Waals surface area contributed by atoms with Crippen molar-refractivity contribution in [1.82, 2.24) is 10.3 Å². The highest BCUT2D eigenvalue weighted by Crippen LogP contribution is 2.29. The van der Waals surface area contributed by atoms with Gasteiger partial charge in [-0.25, -0.2) is 4.98 Å². The van der Waals surface area contributed by atoms with Crippen LogP contribution in [0.3, 0.4) is 0 Å². The van der Waals surface area contributed by atoms with Crippen LogP contribution in [0.25, 0.3) is 10.8 Å². The van der Waals surface area contributed by atoms with E-state index in [9.17, 15) is 4.79 Å². The smallest absolute Gasteiger partial charge is 0.253 e. The lowest BCUT2D eigenvalue weighted by Crippen LogP contribution is -2.30. The maximum absolute atomic E-state index is 12.8. The van der Waals surface area contributed by atoms with Crippen LogP contribution in [-0.2, 0) is 6.54 Å². The highest BCUT2D eigenvalue weighted by Gasteiger charge is 2.18. The molecule has 1 aromatic heterocycles. The van der Waals surface area contributed by atoms with Crippen LogP contribution in [0.1, 0.15) is 35.2 Å². The minimum absolute atomic E-state index is 0.112. The molecule has 1 amide bonds. The highest BCUT2D eigenvalue weighted by atomic mass is 35.5. The molecule has 0 unspecified atom stereocenters. The third-order valence-electron chi connectivity index (χ3n) is 5.04. The number of carbonyl (C=O) groups is 1. The molecule has 0 spiro atoms. The summed E-state index contributed by atoms with van der Waals surface area (Å²) in [6, 6.07) is 15.5. The molecule has 2 aromatic carbocycles. The number of pyridine rings is 1. The molecule has 138 valence electrons. The van der Waals surface area contributed by atoms with Crippen LogP contribution in [0.4, 0.5) is 5.82 Å². The number of rotatable bonds is 4. The zero-order valence-electron chi connectivity index (χ0n) is 15.1. The van der Waals surface area contributed by atoms with E-state index >= 15 is 0 Å². The number of aromatic nitrogens is 1. The van der Waals surface area contributed by atoms with E-state index in [-0.39, 0.29) is 5.91 Å². The minimum atomic E-state index is -0.112. The molecule has 2 heterocycles. The van der Waals surface area contributed by atoms with E-state index in [4.69, 9.17) is 11.6 Å². The maximum atomic E-state index is 12.8. The Morgan fingerprint density at radius 3 is 2.44 bits per heavy atom. The number of anilines is 1. The first-order chi connectivity index (χ1) is 13.2. The van der Waals surface area contributed by atoms with Gasteiger partial charge < -0.3 is 10.2 Å². The lowest BCUT2D eigenvalue weighted by molar-refractivity contribution is 0.0952. The van der Waals surface area contributed by atoms with Crippen molar-refractivity contribution >= 4 is 34.1 Å². The number of halogens is 1. The van der Waals surface area contributed by atoms with Crippen LogP contribution in [0, 0.1) is 0 Å². The van der Waals surface area contributed by atoms with Gasteiger partial charge in [0.2, 0.25) is 0 Å². The summed E-state index contributed by atoms with van der Waals surface area (Å²) >= 11 is 5.91. The van der Waals surface area contributed by atoms with Crippen molar-refractivity contribution < 1.29 is 4.79 Å². The second-order valence-corrected chi connectivity index (χ2v) is 7.33. The van der Waals surface area contributed by atoms with Gasteiger partial charge >= 0.3 is 0 Å². The van der Waals surface area contributed by atoms with E-state index in [1.807, 2.05) is 42.5 Å². The fraction of sp³-hybridized carbons (Fsp3) is 0.273. The van der Waals surface area contributed by atoms with E-state index in [1.165, 1.54) is 19.3 Å². The first kappa shape index (κ1) is 17.8. The fourth-order valence-electron chi connectivity index (χ4n) is 3.60. The van der Waals surface area contributed by atoms with Crippen LogP contribution in [0.2, 0.25) is 5.02 Å². The van der Waals surface area contributed by atoms with Crippen molar-refractivity contribution in [2.45, 2.75) is 25.8 Å². The Labute approximate surface area is 164 Å². The van der Waals surface area contributed by atoms with E-state index in [1.54, 1.807) is 6.20 Å². The molecule has 27 heavy (non-hydrogen) atoms. The number of piperidine rings is 1. The van der Waals surface area contributed by atoms with E-state index in [0.29, 0.717) is 17.1 Å². The molecule has 1 N–H and O–H groups in total. The molecule has 1 saturated heterocycles. The summed E-state index contributed by atoms with van der Waals surface area (Å²) in [5.74, 6) is 0.874. The van der Waals surface area contributed by atoms with Gasteiger partial charge in [0.15, 0.2) is 0 Å².